The van der Waals surface area contributed by atoms with Crippen LogP contribution in [0.1, 0.15) is 11.5 Å². The van der Waals surface area contributed by atoms with E-state index in [-0.39, 0.29) is 6.61 Å². The van der Waals surface area contributed by atoms with Crippen molar-refractivity contribution in [2.45, 2.75) is 13.2 Å². The highest BCUT2D eigenvalue weighted by Crippen LogP contribution is 2.10. The van der Waals surface area contributed by atoms with Gasteiger partial charge in [-0.15, -0.1) is 10.2 Å². The fraction of sp³-hybridized carbons (Fsp3) is 0.300. The lowest BCUT2D eigenvalue weighted by Crippen LogP contribution is -2.03. The maximum absolute atomic E-state index is 8.82. The molecule has 0 atom stereocenters. The van der Waals surface area contributed by atoms with E-state index >= 15 is 0 Å². The van der Waals surface area contributed by atoms with Crippen LogP contribution in [-0.2, 0) is 20.3 Å². The third-order valence-corrected chi connectivity index (χ3v) is 2.13. The van der Waals surface area contributed by atoms with Crippen molar-refractivity contribution in [3.63, 3.8) is 0 Å². The molecule has 2 heterocycles. The summed E-state index contributed by atoms with van der Waals surface area (Å²) >= 11 is 0. The lowest BCUT2D eigenvalue weighted by molar-refractivity contribution is 0.273. The van der Waals surface area contributed by atoms with E-state index < -0.39 is 0 Å². The fourth-order valence-corrected chi connectivity index (χ4v) is 1.18. The van der Waals surface area contributed by atoms with E-state index in [1.807, 2.05) is 7.05 Å². The van der Waals surface area contributed by atoms with Crippen LogP contribution in [0.4, 0.5) is 0 Å². The minimum Gasteiger partial charge on any atom is -0.484 e. The Bertz CT molecular complexity index is 452. The summed E-state index contributed by atoms with van der Waals surface area (Å²) in [7, 11) is 1.85. The molecule has 0 amide bonds. The Morgan fingerprint density at radius 3 is 2.88 bits per heavy atom. The number of aryl methyl sites for hydroxylation is 1. The smallest absolute Gasteiger partial charge is 0.170 e. The summed E-state index contributed by atoms with van der Waals surface area (Å²) in [6.45, 7) is 0.278. The van der Waals surface area contributed by atoms with Crippen LogP contribution in [0, 0.1) is 0 Å². The first-order chi connectivity index (χ1) is 7.79. The van der Waals surface area contributed by atoms with Crippen LogP contribution in [0.2, 0.25) is 0 Å². The molecule has 0 bridgehead atoms. The average Bonchev–Trinajstić information content (AvgIpc) is 2.73. The predicted molar refractivity (Wildman–Crippen MR) is 55.5 cm³/mol. The van der Waals surface area contributed by atoms with Crippen LogP contribution >= 0.6 is 0 Å². The predicted octanol–water partition coefficient (Wildman–Crippen LogP) is 0.281. The van der Waals surface area contributed by atoms with Crippen LogP contribution in [0.15, 0.2) is 24.7 Å². The fourth-order valence-electron chi connectivity index (χ4n) is 1.18. The second kappa shape index (κ2) is 4.71. The van der Waals surface area contributed by atoms with Crippen molar-refractivity contribution in [1.82, 2.24) is 19.7 Å². The molecule has 0 spiro atoms. The largest absolute Gasteiger partial charge is 0.484 e. The number of aromatic nitrogens is 4. The Hall–Kier alpha value is -1.95. The van der Waals surface area contributed by atoms with Crippen LogP contribution in [-0.4, -0.2) is 24.9 Å². The van der Waals surface area contributed by atoms with Gasteiger partial charge in [0.05, 0.1) is 18.5 Å². The summed E-state index contributed by atoms with van der Waals surface area (Å²) in [4.78, 5) is 4.00. The van der Waals surface area contributed by atoms with Crippen LogP contribution in [0.3, 0.4) is 0 Å². The molecule has 6 nitrogen and oxygen atoms in total. The maximum atomic E-state index is 8.82. The number of hydrogen-bond donors (Lipinski definition) is 1. The molecule has 0 unspecified atom stereocenters. The van der Waals surface area contributed by atoms with Gasteiger partial charge in [-0.25, -0.2) is 0 Å². The van der Waals surface area contributed by atoms with E-state index in [0.717, 1.165) is 5.82 Å². The standard InChI is InChI=1S/C10H12N4O2/c1-14-7-12-13-10(14)6-16-9-3-2-8(5-15)11-4-9/h2-4,7,15H,5-6H2,1H3. The third-order valence-electron chi connectivity index (χ3n) is 2.13. The van der Waals surface area contributed by atoms with Gasteiger partial charge in [0.1, 0.15) is 18.7 Å². The van der Waals surface area contributed by atoms with Gasteiger partial charge in [0.15, 0.2) is 5.82 Å². The van der Waals surface area contributed by atoms with Crippen molar-refractivity contribution in [3.05, 3.63) is 36.2 Å². The van der Waals surface area contributed by atoms with Crippen molar-refractivity contribution in [2.75, 3.05) is 0 Å². The summed E-state index contributed by atoms with van der Waals surface area (Å²) in [6, 6.07) is 3.47. The van der Waals surface area contributed by atoms with Crippen molar-refractivity contribution in [2.24, 2.45) is 7.05 Å². The molecule has 2 rings (SSSR count). The Labute approximate surface area is 92.5 Å². The van der Waals surface area contributed by atoms with E-state index in [2.05, 4.69) is 15.2 Å². The van der Waals surface area contributed by atoms with Crippen LogP contribution in [0.5, 0.6) is 5.75 Å². The number of nitrogens with zero attached hydrogens (tertiary/aromatic N) is 4. The van der Waals surface area contributed by atoms with Gasteiger partial charge in [0, 0.05) is 7.05 Å². The van der Waals surface area contributed by atoms with Gasteiger partial charge in [0.2, 0.25) is 0 Å². The first-order valence-electron chi connectivity index (χ1n) is 4.81. The van der Waals surface area contributed by atoms with Gasteiger partial charge in [-0.2, -0.15) is 0 Å². The number of rotatable bonds is 4. The lowest BCUT2D eigenvalue weighted by Gasteiger charge is -2.05. The molecular weight excluding hydrogens is 208 g/mol. The zero-order valence-electron chi connectivity index (χ0n) is 8.87. The molecule has 2 aromatic rings. The minimum absolute atomic E-state index is 0.0659. The molecular formula is C10H12N4O2. The molecule has 16 heavy (non-hydrogen) atoms. The van der Waals surface area contributed by atoms with E-state index in [1.54, 1.807) is 29.2 Å². The molecule has 6 heteroatoms. The number of hydrogen-bond acceptors (Lipinski definition) is 5. The molecule has 1 N–H and O–H groups in total. The Balaban J connectivity index is 1.97. The third kappa shape index (κ3) is 2.34. The van der Waals surface area contributed by atoms with Crippen molar-refractivity contribution < 1.29 is 9.84 Å². The van der Waals surface area contributed by atoms with Gasteiger partial charge in [-0.05, 0) is 12.1 Å². The Morgan fingerprint density at radius 1 is 1.44 bits per heavy atom. The summed E-state index contributed by atoms with van der Waals surface area (Å²) < 4.78 is 7.25. The summed E-state index contributed by atoms with van der Waals surface area (Å²) in [5.74, 6) is 1.38. The quantitative estimate of drug-likeness (QED) is 0.801. The molecule has 0 aliphatic heterocycles. The highest BCUT2D eigenvalue weighted by atomic mass is 16.5. The average molecular weight is 220 g/mol. The van der Waals surface area contributed by atoms with Gasteiger partial charge in [-0.1, -0.05) is 0 Å². The van der Waals surface area contributed by atoms with Gasteiger partial charge in [0.25, 0.3) is 0 Å². The first kappa shape index (κ1) is 10.6. The highest BCUT2D eigenvalue weighted by molar-refractivity contribution is 5.19. The summed E-state index contributed by atoms with van der Waals surface area (Å²) in [5, 5.41) is 16.5. The molecule has 0 radical (unpaired) electrons. The molecule has 84 valence electrons. The van der Waals surface area contributed by atoms with E-state index in [1.165, 1.54) is 0 Å². The zero-order valence-corrected chi connectivity index (χ0v) is 8.87. The molecule has 2 aromatic heterocycles. The van der Waals surface area contributed by atoms with E-state index in [4.69, 9.17) is 9.84 Å². The van der Waals surface area contributed by atoms with Gasteiger partial charge in [-0.3, -0.25) is 4.98 Å². The molecule has 0 saturated carbocycles. The van der Waals surface area contributed by atoms with Crippen molar-refractivity contribution >= 4 is 0 Å². The number of aliphatic hydroxyl groups excluding tert-OH is 1. The molecule has 0 aliphatic carbocycles. The second-order valence-electron chi connectivity index (χ2n) is 3.29. The monoisotopic (exact) mass is 220 g/mol. The van der Waals surface area contributed by atoms with Gasteiger partial charge >= 0.3 is 0 Å². The number of pyridine rings is 1. The normalized spacial score (nSPS) is 10.4. The Kier molecular flexibility index (Phi) is 3.11. The molecule has 0 saturated heterocycles. The van der Waals surface area contributed by atoms with Crippen molar-refractivity contribution in [3.8, 4) is 5.75 Å². The molecule has 0 aromatic carbocycles. The van der Waals surface area contributed by atoms with E-state index in [0.29, 0.717) is 18.1 Å². The number of ether oxygens (including phenoxy) is 1. The highest BCUT2D eigenvalue weighted by Gasteiger charge is 2.02. The summed E-state index contributed by atoms with van der Waals surface area (Å²) in [6.07, 6.45) is 3.19. The van der Waals surface area contributed by atoms with Gasteiger partial charge < -0.3 is 14.4 Å². The topological polar surface area (TPSA) is 73.1 Å². The first-order valence-corrected chi connectivity index (χ1v) is 4.81. The van der Waals surface area contributed by atoms with Crippen molar-refractivity contribution in [1.29, 1.82) is 0 Å². The lowest BCUT2D eigenvalue weighted by atomic mass is 10.3. The zero-order chi connectivity index (χ0) is 11.4. The SMILES string of the molecule is Cn1cnnc1COc1ccc(CO)nc1. The van der Waals surface area contributed by atoms with E-state index in [9.17, 15) is 0 Å². The second-order valence-corrected chi connectivity index (χ2v) is 3.29. The molecule has 0 aliphatic rings. The Morgan fingerprint density at radius 2 is 2.31 bits per heavy atom. The minimum atomic E-state index is -0.0659. The van der Waals surface area contributed by atoms with Crippen LogP contribution in [0.25, 0.3) is 0 Å². The van der Waals surface area contributed by atoms with Crippen LogP contribution < -0.4 is 4.74 Å². The number of aliphatic hydroxyl groups is 1. The molecule has 0 fully saturated rings. The maximum Gasteiger partial charge on any atom is 0.170 e. The summed E-state index contributed by atoms with van der Waals surface area (Å²) in [5.41, 5.74) is 0.617.